The maximum absolute atomic E-state index is 12.5. The molecule has 0 radical (unpaired) electrons. The lowest BCUT2D eigenvalue weighted by molar-refractivity contribution is 0.194. The summed E-state index contributed by atoms with van der Waals surface area (Å²) in [4.78, 5) is 18.4. The van der Waals surface area contributed by atoms with Crippen LogP contribution in [0.1, 0.15) is 34.9 Å². The van der Waals surface area contributed by atoms with Crippen molar-refractivity contribution in [2.75, 3.05) is 19.3 Å². The number of thioether (sulfide) groups is 1. The van der Waals surface area contributed by atoms with Gasteiger partial charge in [0.15, 0.2) is 0 Å². The topological polar surface area (TPSA) is 45.2 Å². The lowest BCUT2D eigenvalue weighted by Crippen LogP contribution is -2.40. The highest BCUT2D eigenvalue weighted by Crippen LogP contribution is 2.36. The van der Waals surface area contributed by atoms with Crippen LogP contribution in [0.4, 0.5) is 4.79 Å². The molecule has 0 saturated heterocycles. The van der Waals surface area contributed by atoms with Gasteiger partial charge in [0.25, 0.3) is 0 Å². The summed E-state index contributed by atoms with van der Waals surface area (Å²) in [5, 5.41) is 3.42. The first kappa shape index (κ1) is 16.8. The molecule has 2 amide bonds. The van der Waals surface area contributed by atoms with Crippen molar-refractivity contribution in [3.63, 3.8) is 0 Å². The van der Waals surface area contributed by atoms with Crippen LogP contribution >= 0.6 is 11.8 Å². The Bertz CT molecular complexity index is 692. The Morgan fingerprint density at radius 2 is 2.21 bits per heavy atom. The van der Waals surface area contributed by atoms with Crippen LogP contribution in [-0.2, 0) is 6.42 Å². The van der Waals surface area contributed by atoms with Crippen LogP contribution < -0.4 is 5.32 Å². The molecule has 1 N–H and O–H groups in total. The van der Waals surface area contributed by atoms with Crippen molar-refractivity contribution in [2.45, 2.75) is 24.6 Å². The zero-order valence-electron chi connectivity index (χ0n) is 14.1. The summed E-state index contributed by atoms with van der Waals surface area (Å²) in [5.41, 5.74) is 3.80. The molecule has 0 aliphatic carbocycles. The number of benzene rings is 1. The molecule has 3 rings (SSSR count). The average molecular weight is 341 g/mol. The molecule has 24 heavy (non-hydrogen) atoms. The number of rotatable bonds is 4. The SMILES string of the molecule is CC(c1cccnc1)N(C)C(=O)NCC1SCCc2ccccc21. The zero-order chi connectivity index (χ0) is 16.9. The monoisotopic (exact) mass is 341 g/mol. The van der Waals surface area contributed by atoms with Gasteiger partial charge in [0.1, 0.15) is 0 Å². The number of hydrogen-bond acceptors (Lipinski definition) is 3. The van der Waals surface area contributed by atoms with E-state index in [0.29, 0.717) is 11.8 Å². The van der Waals surface area contributed by atoms with Crippen LogP contribution in [-0.4, -0.2) is 35.3 Å². The summed E-state index contributed by atoms with van der Waals surface area (Å²) < 4.78 is 0. The van der Waals surface area contributed by atoms with E-state index in [0.717, 1.165) is 17.7 Å². The van der Waals surface area contributed by atoms with Crippen LogP contribution in [0.25, 0.3) is 0 Å². The van der Waals surface area contributed by atoms with Gasteiger partial charge in [-0.15, -0.1) is 0 Å². The smallest absolute Gasteiger partial charge is 0.317 e. The van der Waals surface area contributed by atoms with E-state index in [1.807, 2.05) is 44.1 Å². The van der Waals surface area contributed by atoms with E-state index in [2.05, 4.69) is 34.6 Å². The molecule has 2 unspecified atom stereocenters. The number of carbonyl (C=O) groups is 1. The molecule has 0 spiro atoms. The average Bonchev–Trinajstić information content (AvgIpc) is 2.65. The largest absolute Gasteiger partial charge is 0.337 e. The number of carbonyl (C=O) groups excluding carboxylic acids is 1. The summed E-state index contributed by atoms with van der Waals surface area (Å²) in [7, 11) is 1.83. The van der Waals surface area contributed by atoms with Crippen molar-refractivity contribution in [1.29, 1.82) is 0 Å². The van der Waals surface area contributed by atoms with Crippen LogP contribution in [0.5, 0.6) is 0 Å². The molecule has 2 atom stereocenters. The summed E-state index contributed by atoms with van der Waals surface area (Å²) in [5.74, 6) is 1.11. The van der Waals surface area contributed by atoms with Crippen molar-refractivity contribution >= 4 is 17.8 Å². The first-order chi connectivity index (χ1) is 11.7. The molecule has 1 aliphatic heterocycles. The lowest BCUT2D eigenvalue weighted by atomic mass is 10.0. The van der Waals surface area contributed by atoms with Gasteiger partial charge < -0.3 is 10.2 Å². The maximum Gasteiger partial charge on any atom is 0.317 e. The fourth-order valence-electron chi connectivity index (χ4n) is 2.97. The van der Waals surface area contributed by atoms with Crippen molar-refractivity contribution in [1.82, 2.24) is 15.2 Å². The molecular weight excluding hydrogens is 318 g/mol. The molecular formula is C19H23N3OS. The predicted octanol–water partition coefficient (Wildman–Crippen LogP) is 3.81. The zero-order valence-corrected chi connectivity index (χ0v) is 14.9. The number of hydrogen-bond donors (Lipinski definition) is 1. The Kier molecular flexibility index (Phi) is 5.41. The minimum Gasteiger partial charge on any atom is -0.337 e. The fraction of sp³-hybridized carbons (Fsp3) is 0.368. The van der Waals surface area contributed by atoms with Gasteiger partial charge in [-0.3, -0.25) is 4.98 Å². The molecule has 1 aliphatic rings. The number of fused-ring (bicyclic) bond motifs is 1. The Labute approximate surface area is 147 Å². The normalized spacial score (nSPS) is 17.7. The molecule has 1 aromatic heterocycles. The Balaban J connectivity index is 1.60. The van der Waals surface area contributed by atoms with Crippen LogP contribution in [0.3, 0.4) is 0 Å². The van der Waals surface area contributed by atoms with E-state index in [-0.39, 0.29) is 12.1 Å². The fourth-order valence-corrected chi connectivity index (χ4v) is 4.21. The number of nitrogens with one attached hydrogen (secondary N) is 1. The highest BCUT2D eigenvalue weighted by atomic mass is 32.2. The van der Waals surface area contributed by atoms with E-state index < -0.39 is 0 Å². The number of urea groups is 1. The third-order valence-electron chi connectivity index (χ3n) is 4.60. The minimum atomic E-state index is -0.0463. The van der Waals surface area contributed by atoms with E-state index in [1.54, 1.807) is 11.1 Å². The van der Waals surface area contributed by atoms with Crippen LogP contribution in [0.2, 0.25) is 0 Å². The Morgan fingerprint density at radius 1 is 1.38 bits per heavy atom. The van der Waals surface area contributed by atoms with Gasteiger partial charge in [0.05, 0.1) is 6.04 Å². The van der Waals surface area contributed by atoms with Gasteiger partial charge in [-0.2, -0.15) is 11.8 Å². The van der Waals surface area contributed by atoms with Gasteiger partial charge in [0, 0.05) is 31.2 Å². The van der Waals surface area contributed by atoms with E-state index >= 15 is 0 Å². The van der Waals surface area contributed by atoms with Crippen molar-refractivity contribution < 1.29 is 4.79 Å². The quantitative estimate of drug-likeness (QED) is 0.920. The number of pyridine rings is 1. The van der Waals surface area contributed by atoms with Crippen molar-refractivity contribution in [3.05, 3.63) is 65.5 Å². The first-order valence-corrected chi connectivity index (χ1v) is 9.31. The van der Waals surface area contributed by atoms with Crippen LogP contribution in [0.15, 0.2) is 48.8 Å². The van der Waals surface area contributed by atoms with E-state index in [4.69, 9.17) is 0 Å². The number of amides is 2. The highest BCUT2D eigenvalue weighted by Gasteiger charge is 2.23. The van der Waals surface area contributed by atoms with Gasteiger partial charge in [-0.25, -0.2) is 4.79 Å². The molecule has 2 aromatic rings. The molecule has 0 saturated carbocycles. The highest BCUT2D eigenvalue weighted by molar-refractivity contribution is 7.99. The number of aryl methyl sites for hydroxylation is 1. The summed E-state index contributed by atoms with van der Waals surface area (Å²) in [6.45, 7) is 2.67. The second kappa shape index (κ2) is 7.71. The predicted molar refractivity (Wildman–Crippen MR) is 99.2 cm³/mol. The molecule has 1 aromatic carbocycles. The third kappa shape index (κ3) is 3.73. The number of aromatic nitrogens is 1. The van der Waals surface area contributed by atoms with Gasteiger partial charge in [0.2, 0.25) is 0 Å². The van der Waals surface area contributed by atoms with E-state index in [1.165, 1.54) is 11.1 Å². The molecule has 4 nitrogen and oxygen atoms in total. The molecule has 126 valence electrons. The van der Waals surface area contributed by atoms with E-state index in [9.17, 15) is 4.79 Å². The number of nitrogens with zero attached hydrogens (tertiary/aromatic N) is 2. The third-order valence-corrected chi connectivity index (χ3v) is 5.86. The minimum absolute atomic E-state index is 0.00926. The second-order valence-electron chi connectivity index (χ2n) is 6.07. The summed E-state index contributed by atoms with van der Waals surface area (Å²) in [6.07, 6.45) is 4.67. The van der Waals surface area contributed by atoms with Crippen molar-refractivity contribution in [2.24, 2.45) is 0 Å². The Hall–Kier alpha value is -2.01. The molecule has 2 heterocycles. The summed E-state index contributed by atoms with van der Waals surface area (Å²) in [6, 6.07) is 12.4. The standard InChI is InChI=1S/C19H23N3OS/c1-14(16-7-5-10-20-12-16)22(2)19(23)21-13-18-17-8-4-3-6-15(17)9-11-24-18/h3-8,10,12,14,18H,9,11,13H2,1-2H3,(H,21,23). The first-order valence-electron chi connectivity index (χ1n) is 8.27. The molecule has 0 fully saturated rings. The van der Waals surface area contributed by atoms with Gasteiger partial charge >= 0.3 is 6.03 Å². The van der Waals surface area contributed by atoms with Gasteiger partial charge in [-0.05, 0) is 41.9 Å². The maximum atomic E-state index is 12.5. The second-order valence-corrected chi connectivity index (χ2v) is 7.38. The summed E-state index contributed by atoms with van der Waals surface area (Å²) >= 11 is 1.92. The molecule has 5 heteroatoms. The lowest BCUT2D eigenvalue weighted by Gasteiger charge is -2.28. The Morgan fingerprint density at radius 3 is 3.00 bits per heavy atom. The molecule has 0 bridgehead atoms. The van der Waals surface area contributed by atoms with Crippen molar-refractivity contribution in [3.8, 4) is 0 Å². The van der Waals surface area contributed by atoms with Crippen LogP contribution in [0, 0.1) is 0 Å². The van der Waals surface area contributed by atoms with Gasteiger partial charge in [-0.1, -0.05) is 30.3 Å².